The van der Waals surface area contributed by atoms with Crippen LogP contribution in [0, 0.1) is 5.92 Å². The van der Waals surface area contributed by atoms with Crippen LogP contribution in [-0.2, 0) is 4.57 Å². The molecular formula is C11H24O2P+. The summed E-state index contributed by atoms with van der Waals surface area (Å²) in [4.78, 5) is 8.56. The van der Waals surface area contributed by atoms with E-state index in [9.17, 15) is 4.57 Å². The molecule has 0 radical (unpaired) electrons. The maximum Gasteiger partial charge on any atom is 0.505 e. The van der Waals surface area contributed by atoms with Gasteiger partial charge in [0.25, 0.3) is 0 Å². The van der Waals surface area contributed by atoms with E-state index in [1.54, 1.807) is 0 Å². The van der Waals surface area contributed by atoms with E-state index >= 15 is 0 Å². The standard InChI is InChI=1S/C11H23O2P/c1-11(2)9-7-5-3-4-6-8-10-14(12)13/h11H,3-10H2,1-2H3/p+1. The van der Waals surface area contributed by atoms with E-state index in [0.717, 1.165) is 18.8 Å². The van der Waals surface area contributed by atoms with Gasteiger partial charge in [-0.3, -0.25) is 0 Å². The molecule has 0 fully saturated rings. The Labute approximate surface area is 89.0 Å². The molecule has 0 aliphatic heterocycles. The topological polar surface area (TPSA) is 37.3 Å². The van der Waals surface area contributed by atoms with Crippen LogP contribution in [-0.4, -0.2) is 11.1 Å². The van der Waals surface area contributed by atoms with Gasteiger partial charge in [-0.25, -0.2) is 0 Å². The van der Waals surface area contributed by atoms with Crippen molar-refractivity contribution in [3.05, 3.63) is 0 Å². The molecule has 2 nitrogen and oxygen atoms in total. The predicted molar refractivity (Wildman–Crippen MR) is 61.8 cm³/mol. The molecule has 0 bridgehead atoms. The zero-order valence-corrected chi connectivity index (χ0v) is 10.4. The molecule has 0 aromatic rings. The van der Waals surface area contributed by atoms with Crippen molar-refractivity contribution in [2.24, 2.45) is 5.92 Å². The Morgan fingerprint density at radius 3 is 2.00 bits per heavy atom. The van der Waals surface area contributed by atoms with Crippen LogP contribution >= 0.6 is 8.03 Å². The van der Waals surface area contributed by atoms with E-state index in [-0.39, 0.29) is 0 Å². The fourth-order valence-corrected chi connectivity index (χ4v) is 2.00. The van der Waals surface area contributed by atoms with Crippen molar-refractivity contribution in [1.29, 1.82) is 0 Å². The van der Waals surface area contributed by atoms with Gasteiger partial charge >= 0.3 is 8.03 Å². The number of hydrogen-bond acceptors (Lipinski definition) is 1. The van der Waals surface area contributed by atoms with Crippen LogP contribution in [0.4, 0.5) is 0 Å². The lowest BCUT2D eigenvalue weighted by Crippen LogP contribution is -1.87. The lowest BCUT2D eigenvalue weighted by Gasteiger charge is -2.03. The van der Waals surface area contributed by atoms with E-state index in [0.29, 0.717) is 6.16 Å². The molecule has 0 aromatic heterocycles. The number of hydrogen-bond donors (Lipinski definition) is 1. The first-order valence-corrected chi connectivity index (χ1v) is 7.16. The highest BCUT2D eigenvalue weighted by molar-refractivity contribution is 7.37. The van der Waals surface area contributed by atoms with Crippen molar-refractivity contribution < 1.29 is 9.46 Å². The average Bonchev–Trinajstić information content (AvgIpc) is 2.08. The molecule has 3 heteroatoms. The lowest BCUT2D eigenvalue weighted by atomic mass is 10.0. The van der Waals surface area contributed by atoms with Crippen LogP contribution in [0.2, 0.25) is 0 Å². The second-order valence-electron chi connectivity index (χ2n) is 4.38. The molecule has 84 valence electrons. The molecule has 1 N–H and O–H groups in total. The van der Waals surface area contributed by atoms with Crippen molar-refractivity contribution in [2.45, 2.75) is 58.8 Å². The lowest BCUT2D eigenvalue weighted by molar-refractivity contribution is 0.495. The average molecular weight is 219 g/mol. The molecule has 0 spiro atoms. The molecule has 1 unspecified atom stereocenters. The molecule has 0 aromatic carbocycles. The molecule has 0 saturated heterocycles. The van der Waals surface area contributed by atoms with E-state index in [1.165, 1.54) is 32.1 Å². The van der Waals surface area contributed by atoms with E-state index in [1.807, 2.05) is 0 Å². The van der Waals surface area contributed by atoms with Crippen LogP contribution < -0.4 is 0 Å². The molecule has 0 aliphatic carbocycles. The smallest absolute Gasteiger partial charge is 0.161 e. The Balaban J connectivity index is 2.96. The van der Waals surface area contributed by atoms with Crippen molar-refractivity contribution in [2.75, 3.05) is 6.16 Å². The number of unbranched alkanes of at least 4 members (excludes halogenated alkanes) is 5. The summed E-state index contributed by atoms with van der Waals surface area (Å²) in [5, 5.41) is 0. The molecule has 0 aliphatic rings. The fourth-order valence-electron chi connectivity index (χ4n) is 1.51. The molecule has 14 heavy (non-hydrogen) atoms. The number of rotatable bonds is 9. The highest BCUT2D eigenvalue weighted by Gasteiger charge is 2.07. The van der Waals surface area contributed by atoms with Gasteiger partial charge in [0.2, 0.25) is 0 Å². The quantitative estimate of drug-likeness (QED) is 0.468. The second kappa shape index (κ2) is 9.61. The Kier molecular flexibility index (Phi) is 9.65. The van der Waals surface area contributed by atoms with Gasteiger partial charge in [-0.05, 0) is 23.3 Å². The van der Waals surface area contributed by atoms with Crippen LogP contribution in [0.15, 0.2) is 0 Å². The molecule has 1 atom stereocenters. The normalized spacial score (nSPS) is 12.1. The van der Waals surface area contributed by atoms with E-state index in [2.05, 4.69) is 13.8 Å². The fraction of sp³-hybridized carbons (Fsp3) is 1.00. The first-order chi connectivity index (χ1) is 6.63. The zero-order chi connectivity index (χ0) is 10.8. The van der Waals surface area contributed by atoms with Gasteiger partial charge in [0, 0.05) is 0 Å². The van der Waals surface area contributed by atoms with Crippen LogP contribution in [0.25, 0.3) is 0 Å². The third kappa shape index (κ3) is 12.1. The van der Waals surface area contributed by atoms with Crippen molar-refractivity contribution in [3.63, 3.8) is 0 Å². The molecule has 0 rings (SSSR count). The van der Waals surface area contributed by atoms with Crippen molar-refractivity contribution >= 4 is 8.03 Å². The summed E-state index contributed by atoms with van der Waals surface area (Å²) in [5.74, 6) is 0.827. The van der Waals surface area contributed by atoms with Gasteiger partial charge in [-0.2, -0.15) is 4.89 Å². The van der Waals surface area contributed by atoms with Crippen LogP contribution in [0.3, 0.4) is 0 Å². The third-order valence-electron chi connectivity index (χ3n) is 2.38. The Bertz CT molecular complexity index is 146. The Hall–Kier alpha value is 0.0600. The highest BCUT2D eigenvalue weighted by Crippen LogP contribution is 2.17. The summed E-state index contributed by atoms with van der Waals surface area (Å²) in [7, 11) is -1.89. The SMILES string of the molecule is CC(C)CCCCCCCC[P+](=O)O. The summed E-state index contributed by atoms with van der Waals surface area (Å²) in [6, 6.07) is 0. The predicted octanol–water partition coefficient (Wildman–Crippen LogP) is 4.11. The van der Waals surface area contributed by atoms with Crippen LogP contribution in [0.5, 0.6) is 0 Å². The highest BCUT2D eigenvalue weighted by atomic mass is 31.1. The zero-order valence-electron chi connectivity index (χ0n) is 9.54. The van der Waals surface area contributed by atoms with Crippen molar-refractivity contribution in [1.82, 2.24) is 0 Å². The van der Waals surface area contributed by atoms with Crippen molar-refractivity contribution in [3.8, 4) is 0 Å². The molecule has 0 amide bonds. The van der Waals surface area contributed by atoms with Crippen LogP contribution in [0.1, 0.15) is 58.8 Å². The largest absolute Gasteiger partial charge is 0.505 e. The van der Waals surface area contributed by atoms with Gasteiger partial charge in [0.1, 0.15) is 0 Å². The molecule has 0 saturated carbocycles. The van der Waals surface area contributed by atoms with Gasteiger partial charge < -0.3 is 0 Å². The monoisotopic (exact) mass is 219 g/mol. The molecular weight excluding hydrogens is 195 g/mol. The summed E-state index contributed by atoms with van der Waals surface area (Å²) in [5.41, 5.74) is 0. The summed E-state index contributed by atoms with van der Waals surface area (Å²) in [6.07, 6.45) is 9.02. The Morgan fingerprint density at radius 2 is 1.50 bits per heavy atom. The summed E-state index contributed by atoms with van der Waals surface area (Å²) < 4.78 is 10.4. The van der Waals surface area contributed by atoms with E-state index in [4.69, 9.17) is 4.89 Å². The minimum Gasteiger partial charge on any atom is -0.161 e. The van der Waals surface area contributed by atoms with E-state index < -0.39 is 8.03 Å². The molecule has 0 heterocycles. The maximum atomic E-state index is 10.4. The maximum absolute atomic E-state index is 10.4. The summed E-state index contributed by atoms with van der Waals surface area (Å²) in [6.45, 7) is 4.52. The summed E-state index contributed by atoms with van der Waals surface area (Å²) >= 11 is 0. The first kappa shape index (κ1) is 14.1. The van der Waals surface area contributed by atoms with Gasteiger partial charge in [-0.15, -0.1) is 0 Å². The minimum absolute atomic E-state index is 0.487. The third-order valence-corrected chi connectivity index (χ3v) is 3.08. The second-order valence-corrected chi connectivity index (χ2v) is 5.53. The first-order valence-electron chi connectivity index (χ1n) is 5.76. The van der Waals surface area contributed by atoms with Gasteiger partial charge in [0.15, 0.2) is 6.16 Å². The minimum atomic E-state index is -1.89. The Morgan fingerprint density at radius 1 is 1.00 bits per heavy atom. The van der Waals surface area contributed by atoms with Gasteiger partial charge in [0.05, 0.1) is 0 Å². The van der Waals surface area contributed by atoms with Gasteiger partial charge in [-0.1, -0.05) is 46.0 Å².